The third-order valence-electron chi connectivity index (χ3n) is 4.46. The normalized spacial score (nSPS) is 14.1. The third-order valence-corrected chi connectivity index (χ3v) is 4.69. The summed E-state index contributed by atoms with van der Waals surface area (Å²) in [7, 11) is 0. The molecule has 6 nitrogen and oxygen atoms in total. The molecule has 27 heavy (non-hydrogen) atoms. The second-order valence-electron chi connectivity index (χ2n) is 6.30. The van der Waals surface area contributed by atoms with Crippen molar-refractivity contribution in [1.29, 1.82) is 0 Å². The van der Waals surface area contributed by atoms with Crippen molar-refractivity contribution in [3.8, 4) is 17.1 Å². The van der Waals surface area contributed by atoms with E-state index in [1.54, 1.807) is 23.1 Å². The fourth-order valence-corrected chi connectivity index (χ4v) is 3.23. The molecule has 1 aromatic heterocycles. The Labute approximate surface area is 161 Å². The molecule has 1 fully saturated rings. The number of aromatic nitrogens is 2. The van der Waals surface area contributed by atoms with Crippen LogP contribution >= 0.6 is 11.6 Å². The van der Waals surface area contributed by atoms with Crippen molar-refractivity contribution in [2.75, 3.05) is 19.7 Å². The first-order valence-corrected chi connectivity index (χ1v) is 9.14. The molecule has 0 atom stereocenters. The van der Waals surface area contributed by atoms with Gasteiger partial charge in [0.05, 0.1) is 18.1 Å². The highest BCUT2D eigenvalue weighted by atomic mass is 35.5. The molecule has 0 N–H and O–H groups in total. The van der Waals surface area contributed by atoms with Crippen LogP contribution in [0.4, 0.5) is 0 Å². The molecule has 138 valence electrons. The maximum Gasteiger partial charge on any atom is 0.257 e. The highest BCUT2D eigenvalue weighted by Crippen LogP contribution is 2.31. The number of hydrogen-bond acceptors (Lipinski definition) is 5. The number of hydrogen-bond donors (Lipinski definition) is 0. The van der Waals surface area contributed by atoms with Crippen molar-refractivity contribution in [2.45, 2.75) is 12.8 Å². The van der Waals surface area contributed by atoms with Gasteiger partial charge in [0.15, 0.2) is 0 Å². The number of likely N-dealkylation sites (tertiary alicyclic amines) is 1. The molecular formula is C20H18ClN3O3. The van der Waals surface area contributed by atoms with Crippen LogP contribution in [0.15, 0.2) is 53.1 Å². The lowest BCUT2D eigenvalue weighted by Gasteiger charge is -2.37. The molecule has 3 aromatic rings. The van der Waals surface area contributed by atoms with Gasteiger partial charge in [0, 0.05) is 23.7 Å². The summed E-state index contributed by atoms with van der Waals surface area (Å²) >= 11 is 6.01. The standard InChI is InChI=1S/C20H18ClN3O3/c1-2-26-17-9-4-3-8-16(17)20(25)24-11-14(12-24)19-22-18(23-27-19)13-6-5-7-15(21)10-13/h3-10,14H,2,11-12H2,1H3. The van der Waals surface area contributed by atoms with Crippen LogP contribution in [0.3, 0.4) is 0 Å². The van der Waals surface area contributed by atoms with Crippen LogP contribution in [-0.2, 0) is 0 Å². The number of rotatable bonds is 5. The summed E-state index contributed by atoms with van der Waals surface area (Å²) in [6, 6.07) is 14.6. The summed E-state index contributed by atoms with van der Waals surface area (Å²) in [6.45, 7) is 3.49. The zero-order valence-corrected chi connectivity index (χ0v) is 15.5. The minimum absolute atomic E-state index is 0.0358. The van der Waals surface area contributed by atoms with E-state index >= 15 is 0 Å². The Bertz CT molecular complexity index is 966. The lowest BCUT2D eigenvalue weighted by Crippen LogP contribution is -2.48. The average molecular weight is 384 g/mol. The van der Waals surface area contributed by atoms with Crippen LogP contribution < -0.4 is 4.74 Å². The maximum absolute atomic E-state index is 12.7. The van der Waals surface area contributed by atoms with Crippen LogP contribution in [-0.4, -0.2) is 40.6 Å². The van der Waals surface area contributed by atoms with Gasteiger partial charge in [0.1, 0.15) is 5.75 Å². The second kappa shape index (κ2) is 7.40. The van der Waals surface area contributed by atoms with E-state index in [0.717, 1.165) is 5.56 Å². The summed E-state index contributed by atoms with van der Waals surface area (Å²) in [5.74, 6) is 1.62. The minimum atomic E-state index is -0.0510. The highest BCUT2D eigenvalue weighted by Gasteiger charge is 2.36. The van der Waals surface area contributed by atoms with E-state index < -0.39 is 0 Å². The molecule has 0 unspecified atom stereocenters. The van der Waals surface area contributed by atoms with E-state index in [4.69, 9.17) is 20.9 Å². The van der Waals surface area contributed by atoms with Crippen molar-refractivity contribution >= 4 is 17.5 Å². The molecule has 2 heterocycles. The van der Waals surface area contributed by atoms with E-state index in [9.17, 15) is 4.79 Å². The number of benzene rings is 2. The van der Waals surface area contributed by atoms with Gasteiger partial charge in [-0.3, -0.25) is 4.79 Å². The van der Waals surface area contributed by atoms with Crippen molar-refractivity contribution in [3.63, 3.8) is 0 Å². The number of amides is 1. The largest absolute Gasteiger partial charge is 0.493 e. The molecule has 4 rings (SSSR count). The molecule has 1 saturated heterocycles. The maximum atomic E-state index is 12.7. The van der Waals surface area contributed by atoms with Crippen molar-refractivity contribution in [1.82, 2.24) is 15.0 Å². The van der Waals surface area contributed by atoms with Gasteiger partial charge in [0.25, 0.3) is 5.91 Å². The molecular weight excluding hydrogens is 366 g/mol. The molecule has 2 aromatic carbocycles. The lowest BCUT2D eigenvalue weighted by molar-refractivity contribution is 0.0565. The molecule has 1 amide bonds. The molecule has 1 aliphatic rings. The fourth-order valence-electron chi connectivity index (χ4n) is 3.04. The highest BCUT2D eigenvalue weighted by molar-refractivity contribution is 6.30. The predicted molar refractivity (Wildman–Crippen MR) is 101 cm³/mol. The molecule has 0 aliphatic carbocycles. The van der Waals surface area contributed by atoms with Gasteiger partial charge in [-0.25, -0.2) is 0 Å². The van der Waals surface area contributed by atoms with Gasteiger partial charge in [0.2, 0.25) is 11.7 Å². The lowest BCUT2D eigenvalue weighted by atomic mass is 9.98. The third kappa shape index (κ3) is 3.53. The molecule has 0 saturated carbocycles. The smallest absolute Gasteiger partial charge is 0.257 e. The van der Waals surface area contributed by atoms with Crippen molar-refractivity contribution in [2.24, 2.45) is 0 Å². The van der Waals surface area contributed by atoms with Crippen LogP contribution in [0.2, 0.25) is 5.02 Å². The number of ether oxygens (including phenoxy) is 1. The van der Waals surface area contributed by atoms with E-state index in [1.807, 2.05) is 37.3 Å². The van der Waals surface area contributed by atoms with Crippen molar-refractivity contribution < 1.29 is 14.1 Å². The van der Waals surface area contributed by atoms with E-state index in [2.05, 4.69) is 10.1 Å². The first-order chi connectivity index (χ1) is 13.2. The van der Waals surface area contributed by atoms with Crippen LogP contribution in [0.25, 0.3) is 11.4 Å². The number of para-hydroxylation sites is 1. The Morgan fingerprint density at radius 3 is 2.85 bits per heavy atom. The summed E-state index contributed by atoms with van der Waals surface area (Å²) in [5.41, 5.74) is 1.37. The molecule has 7 heteroatoms. The number of carbonyl (C=O) groups excluding carboxylic acids is 1. The molecule has 1 aliphatic heterocycles. The average Bonchev–Trinajstić information content (AvgIpc) is 3.11. The summed E-state index contributed by atoms with van der Waals surface area (Å²) in [4.78, 5) is 18.9. The summed E-state index contributed by atoms with van der Waals surface area (Å²) < 4.78 is 10.9. The Morgan fingerprint density at radius 1 is 1.26 bits per heavy atom. The van der Waals surface area contributed by atoms with Gasteiger partial charge in [-0.2, -0.15) is 4.98 Å². The van der Waals surface area contributed by atoms with Crippen LogP contribution in [0.1, 0.15) is 29.1 Å². The van der Waals surface area contributed by atoms with Crippen LogP contribution in [0, 0.1) is 0 Å². The Kier molecular flexibility index (Phi) is 4.81. The molecule has 0 spiro atoms. The van der Waals surface area contributed by atoms with Gasteiger partial charge in [-0.05, 0) is 31.2 Å². The minimum Gasteiger partial charge on any atom is -0.493 e. The monoisotopic (exact) mass is 383 g/mol. The number of carbonyl (C=O) groups is 1. The van der Waals surface area contributed by atoms with Gasteiger partial charge in [-0.15, -0.1) is 0 Å². The Balaban J connectivity index is 1.44. The number of halogens is 1. The Morgan fingerprint density at radius 2 is 2.07 bits per heavy atom. The first kappa shape index (κ1) is 17.5. The number of nitrogens with zero attached hydrogens (tertiary/aromatic N) is 3. The molecule has 0 bridgehead atoms. The molecule has 0 radical (unpaired) electrons. The predicted octanol–water partition coefficient (Wildman–Crippen LogP) is 4.03. The van der Waals surface area contributed by atoms with Gasteiger partial charge < -0.3 is 14.2 Å². The topological polar surface area (TPSA) is 68.5 Å². The van der Waals surface area contributed by atoms with Crippen molar-refractivity contribution in [3.05, 3.63) is 65.0 Å². The second-order valence-corrected chi connectivity index (χ2v) is 6.74. The van der Waals surface area contributed by atoms with Gasteiger partial charge >= 0.3 is 0 Å². The van der Waals surface area contributed by atoms with Crippen LogP contribution in [0.5, 0.6) is 5.75 Å². The SMILES string of the molecule is CCOc1ccccc1C(=O)N1CC(c2nc(-c3cccc(Cl)c3)no2)C1. The summed E-state index contributed by atoms with van der Waals surface area (Å²) in [6.07, 6.45) is 0. The summed E-state index contributed by atoms with van der Waals surface area (Å²) in [5, 5.41) is 4.65. The van der Waals surface area contributed by atoms with E-state index in [0.29, 0.717) is 47.7 Å². The zero-order valence-electron chi connectivity index (χ0n) is 14.8. The fraction of sp³-hybridized carbons (Fsp3) is 0.250. The Hall–Kier alpha value is -2.86. The first-order valence-electron chi connectivity index (χ1n) is 8.76. The quantitative estimate of drug-likeness (QED) is 0.665. The van der Waals surface area contributed by atoms with Gasteiger partial charge in [-0.1, -0.05) is 41.0 Å². The zero-order chi connectivity index (χ0) is 18.8. The van der Waals surface area contributed by atoms with E-state index in [1.165, 1.54) is 0 Å². The van der Waals surface area contributed by atoms with E-state index in [-0.39, 0.29) is 11.8 Å².